The molecule has 2 N–H and O–H groups in total. The summed E-state index contributed by atoms with van der Waals surface area (Å²) in [7, 11) is 0. The number of nitrogens with zero attached hydrogens (tertiary/aromatic N) is 2. The average Bonchev–Trinajstić information content (AvgIpc) is 2.73. The van der Waals surface area contributed by atoms with Crippen LogP contribution in [0.4, 0.5) is 17.1 Å². The van der Waals surface area contributed by atoms with Gasteiger partial charge in [0.2, 0.25) is 5.91 Å². The molecule has 2 aromatic rings. The predicted molar refractivity (Wildman–Crippen MR) is 119 cm³/mol. The van der Waals surface area contributed by atoms with Crippen molar-refractivity contribution >= 4 is 23.0 Å². The van der Waals surface area contributed by atoms with Crippen LogP contribution in [0.25, 0.3) is 0 Å². The second-order valence-electron chi connectivity index (χ2n) is 6.74. The Kier molecular flexibility index (Phi) is 9.08. The molecule has 0 aliphatic carbocycles. The third-order valence-corrected chi connectivity index (χ3v) is 4.73. The molecule has 0 heterocycles. The number of ether oxygens (including phenoxy) is 1. The van der Waals surface area contributed by atoms with Gasteiger partial charge in [-0.2, -0.15) is 0 Å². The lowest BCUT2D eigenvalue weighted by Gasteiger charge is -2.19. The number of anilines is 2. The topological polar surface area (TPSA) is 96.7 Å². The smallest absolute Gasteiger partial charge is 0.271 e. The number of hydrogen-bond acceptors (Lipinski definition) is 6. The normalized spacial score (nSPS) is 10.7. The predicted octanol–water partition coefficient (Wildman–Crippen LogP) is 3.93. The number of nitro benzene ring substituents is 1. The molecule has 30 heavy (non-hydrogen) atoms. The number of nitro groups is 1. The van der Waals surface area contributed by atoms with Crippen LogP contribution < -0.4 is 15.4 Å². The number of likely N-dealkylation sites (N-methyl/N-ethyl adjacent to an activating group) is 1. The standard InChI is InChI=1S/C22H30N4O4/c1-4-25(5-2)14-13-23-20-12-9-18(26(28)29)16-21(20)24-22(27)15-17-7-10-19(11-8-17)30-6-3/h7-12,16,23H,4-6,13-15H2,1-3H3,(H,24,27). The zero-order valence-electron chi connectivity index (χ0n) is 17.8. The first-order valence-electron chi connectivity index (χ1n) is 10.2. The Hall–Kier alpha value is -3.13. The Morgan fingerprint density at radius 1 is 1.07 bits per heavy atom. The lowest BCUT2D eigenvalue weighted by atomic mass is 10.1. The maximum Gasteiger partial charge on any atom is 0.271 e. The highest BCUT2D eigenvalue weighted by Crippen LogP contribution is 2.27. The maximum absolute atomic E-state index is 12.6. The van der Waals surface area contributed by atoms with E-state index >= 15 is 0 Å². The number of rotatable bonds is 12. The van der Waals surface area contributed by atoms with Crippen LogP contribution in [-0.4, -0.2) is 48.5 Å². The van der Waals surface area contributed by atoms with Crippen LogP contribution in [0.2, 0.25) is 0 Å². The summed E-state index contributed by atoms with van der Waals surface area (Å²) in [6, 6.07) is 11.8. The van der Waals surface area contributed by atoms with E-state index in [0.717, 1.165) is 30.9 Å². The molecule has 0 fully saturated rings. The van der Waals surface area contributed by atoms with Crippen LogP contribution in [0.1, 0.15) is 26.3 Å². The van der Waals surface area contributed by atoms with Crippen molar-refractivity contribution in [2.75, 3.05) is 43.4 Å². The van der Waals surface area contributed by atoms with E-state index in [4.69, 9.17) is 4.74 Å². The average molecular weight is 415 g/mol. The van der Waals surface area contributed by atoms with Gasteiger partial charge in [-0.15, -0.1) is 0 Å². The van der Waals surface area contributed by atoms with Gasteiger partial charge in [0.05, 0.1) is 29.3 Å². The van der Waals surface area contributed by atoms with Gasteiger partial charge in [-0.3, -0.25) is 14.9 Å². The summed E-state index contributed by atoms with van der Waals surface area (Å²) in [5.74, 6) is 0.506. The van der Waals surface area contributed by atoms with Crippen LogP contribution in [-0.2, 0) is 11.2 Å². The minimum atomic E-state index is -0.470. The lowest BCUT2D eigenvalue weighted by Crippen LogP contribution is -2.28. The van der Waals surface area contributed by atoms with Crippen molar-refractivity contribution in [2.45, 2.75) is 27.2 Å². The molecule has 0 spiro atoms. The molecule has 162 valence electrons. The third kappa shape index (κ3) is 7.04. The molecule has 2 rings (SSSR count). The Labute approximate surface area is 177 Å². The number of hydrogen-bond donors (Lipinski definition) is 2. The monoisotopic (exact) mass is 414 g/mol. The van der Waals surface area contributed by atoms with Crippen LogP contribution in [0, 0.1) is 10.1 Å². The zero-order chi connectivity index (χ0) is 21.9. The SMILES string of the molecule is CCOc1ccc(CC(=O)Nc2cc([N+](=O)[O-])ccc2NCCN(CC)CC)cc1. The molecule has 0 unspecified atom stereocenters. The Bertz CT molecular complexity index is 836. The molecule has 0 aliphatic heterocycles. The molecule has 0 radical (unpaired) electrons. The van der Waals surface area contributed by atoms with Crippen molar-refractivity contribution < 1.29 is 14.5 Å². The number of carbonyl (C=O) groups excluding carboxylic acids is 1. The van der Waals surface area contributed by atoms with Gasteiger partial charge in [0, 0.05) is 25.2 Å². The molecule has 0 saturated carbocycles. The number of benzene rings is 2. The molecular weight excluding hydrogens is 384 g/mol. The fourth-order valence-corrected chi connectivity index (χ4v) is 3.04. The van der Waals surface area contributed by atoms with Crippen molar-refractivity contribution in [3.63, 3.8) is 0 Å². The minimum Gasteiger partial charge on any atom is -0.494 e. The highest BCUT2D eigenvalue weighted by molar-refractivity contribution is 5.96. The van der Waals surface area contributed by atoms with Gasteiger partial charge < -0.3 is 20.3 Å². The highest BCUT2D eigenvalue weighted by atomic mass is 16.6. The second-order valence-corrected chi connectivity index (χ2v) is 6.74. The molecule has 0 aliphatic rings. The number of nitrogens with one attached hydrogen (secondary N) is 2. The Morgan fingerprint density at radius 2 is 1.77 bits per heavy atom. The molecule has 0 atom stereocenters. The van der Waals surface area contributed by atoms with Gasteiger partial charge in [-0.1, -0.05) is 26.0 Å². The summed E-state index contributed by atoms with van der Waals surface area (Å²) in [6.45, 7) is 10.1. The van der Waals surface area contributed by atoms with Crippen molar-refractivity contribution in [3.05, 3.63) is 58.1 Å². The van der Waals surface area contributed by atoms with E-state index in [1.165, 1.54) is 12.1 Å². The van der Waals surface area contributed by atoms with E-state index < -0.39 is 4.92 Å². The quantitative estimate of drug-likeness (QED) is 0.403. The van der Waals surface area contributed by atoms with E-state index in [1.807, 2.05) is 31.2 Å². The van der Waals surface area contributed by atoms with Crippen LogP contribution in [0.15, 0.2) is 42.5 Å². The second kappa shape index (κ2) is 11.8. The van der Waals surface area contributed by atoms with Crippen molar-refractivity contribution in [2.24, 2.45) is 0 Å². The minimum absolute atomic E-state index is 0.0688. The summed E-state index contributed by atoms with van der Waals surface area (Å²) < 4.78 is 5.41. The van der Waals surface area contributed by atoms with Crippen LogP contribution in [0.3, 0.4) is 0 Å². The number of non-ortho nitro benzene ring substituents is 1. The van der Waals surface area contributed by atoms with Gasteiger partial charge in [-0.05, 0) is 43.8 Å². The number of amides is 1. The summed E-state index contributed by atoms with van der Waals surface area (Å²) in [5.41, 5.74) is 1.82. The van der Waals surface area contributed by atoms with Crippen molar-refractivity contribution in [1.82, 2.24) is 4.90 Å². The number of carbonyl (C=O) groups is 1. The van der Waals surface area contributed by atoms with Crippen LogP contribution >= 0.6 is 0 Å². The van der Waals surface area contributed by atoms with Gasteiger partial charge >= 0.3 is 0 Å². The molecule has 0 bridgehead atoms. The first-order valence-corrected chi connectivity index (χ1v) is 10.2. The summed E-state index contributed by atoms with van der Waals surface area (Å²) in [4.78, 5) is 25.5. The Balaban J connectivity index is 2.07. The van der Waals surface area contributed by atoms with Gasteiger partial charge in [-0.25, -0.2) is 0 Å². The summed E-state index contributed by atoms with van der Waals surface area (Å²) in [5, 5.41) is 17.2. The Morgan fingerprint density at radius 3 is 2.37 bits per heavy atom. The zero-order valence-corrected chi connectivity index (χ0v) is 17.8. The van der Waals surface area contributed by atoms with E-state index in [2.05, 4.69) is 29.4 Å². The van der Waals surface area contributed by atoms with Crippen LogP contribution in [0.5, 0.6) is 5.75 Å². The van der Waals surface area contributed by atoms with Crippen molar-refractivity contribution in [1.29, 1.82) is 0 Å². The fraction of sp³-hybridized carbons (Fsp3) is 0.409. The van der Waals surface area contributed by atoms with E-state index in [9.17, 15) is 14.9 Å². The largest absolute Gasteiger partial charge is 0.494 e. The van der Waals surface area contributed by atoms with E-state index in [1.54, 1.807) is 6.07 Å². The van der Waals surface area contributed by atoms with Gasteiger partial charge in [0.15, 0.2) is 0 Å². The molecule has 0 saturated heterocycles. The van der Waals surface area contributed by atoms with E-state index in [-0.39, 0.29) is 18.0 Å². The molecular formula is C22H30N4O4. The molecule has 8 heteroatoms. The molecule has 8 nitrogen and oxygen atoms in total. The first kappa shape index (κ1) is 23.2. The molecule has 1 amide bonds. The lowest BCUT2D eigenvalue weighted by molar-refractivity contribution is -0.384. The highest BCUT2D eigenvalue weighted by Gasteiger charge is 2.14. The third-order valence-electron chi connectivity index (χ3n) is 4.73. The van der Waals surface area contributed by atoms with E-state index in [0.29, 0.717) is 24.5 Å². The summed E-state index contributed by atoms with van der Waals surface area (Å²) >= 11 is 0. The maximum atomic E-state index is 12.6. The fourth-order valence-electron chi connectivity index (χ4n) is 3.04. The summed E-state index contributed by atoms with van der Waals surface area (Å²) in [6.07, 6.45) is 0.161. The van der Waals surface area contributed by atoms with Crippen molar-refractivity contribution in [3.8, 4) is 5.75 Å². The first-order chi connectivity index (χ1) is 14.5. The van der Waals surface area contributed by atoms with Gasteiger partial charge in [0.25, 0.3) is 5.69 Å². The molecule has 0 aromatic heterocycles. The molecule has 2 aromatic carbocycles. The van der Waals surface area contributed by atoms with Gasteiger partial charge in [0.1, 0.15) is 5.75 Å².